The predicted octanol–water partition coefficient (Wildman–Crippen LogP) is 3.01. The normalized spacial score (nSPS) is 11.7. The molecule has 1 unspecified atom stereocenters. The van der Waals surface area contributed by atoms with Gasteiger partial charge in [-0.15, -0.1) is 11.3 Å². The van der Waals surface area contributed by atoms with Crippen LogP contribution in [0.15, 0.2) is 42.6 Å². The van der Waals surface area contributed by atoms with Gasteiger partial charge in [0, 0.05) is 13.2 Å². The van der Waals surface area contributed by atoms with Crippen molar-refractivity contribution in [2.24, 2.45) is 0 Å². The molecule has 0 aliphatic heterocycles. The molecule has 2 heterocycles. The number of amides is 2. The lowest BCUT2D eigenvalue weighted by Crippen LogP contribution is -2.39. The van der Waals surface area contributed by atoms with Gasteiger partial charge >= 0.3 is 0 Å². The number of likely N-dealkylation sites (N-methyl/N-ethyl adjacent to an activating group) is 1. The van der Waals surface area contributed by atoms with E-state index in [0.717, 1.165) is 23.5 Å². The second-order valence-corrected chi connectivity index (χ2v) is 6.84. The Labute approximate surface area is 163 Å². The molecule has 0 saturated heterocycles. The summed E-state index contributed by atoms with van der Waals surface area (Å²) >= 11 is 1.13. The second kappa shape index (κ2) is 8.22. The van der Waals surface area contributed by atoms with E-state index >= 15 is 0 Å². The summed E-state index contributed by atoms with van der Waals surface area (Å²) in [6, 6.07) is 7.20. The van der Waals surface area contributed by atoms with Crippen molar-refractivity contribution < 1.29 is 18.4 Å². The summed E-state index contributed by atoms with van der Waals surface area (Å²) in [4.78, 5) is 33.8. The Morgan fingerprint density at radius 1 is 1.14 bits per heavy atom. The average Bonchev–Trinajstić information content (AvgIpc) is 3.10. The van der Waals surface area contributed by atoms with E-state index < -0.39 is 29.5 Å². The molecule has 2 amide bonds. The lowest BCUT2D eigenvalue weighted by molar-refractivity contribution is -0.122. The molecule has 2 aromatic heterocycles. The molecule has 28 heavy (non-hydrogen) atoms. The van der Waals surface area contributed by atoms with Crippen LogP contribution in [0, 0.1) is 18.6 Å². The maximum atomic E-state index is 13.6. The first kappa shape index (κ1) is 19.6. The number of rotatable bonds is 5. The Bertz CT molecular complexity index is 1020. The minimum absolute atomic E-state index is 0.124. The number of thiazole rings is 1. The van der Waals surface area contributed by atoms with Gasteiger partial charge in [-0.2, -0.15) is 0 Å². The zero-order valence-corrected chi connectivity index (χ0v) is 15.8. The van der Waals surface area contributed by atoms with Crippen LogP contribution in [-0.2, 0) is 4.79 Å². The topological polar surface area (TPSA) is 84.0 Å². The first-order chi connectivity index (χ1) is 13.4. The maximum Gasteiger partial charge on any atom is 0.264 e. The summed E-state index contributed by atoms with van der Waals surface area (Å²) in [7, 11) is 1.39. The summed E-state index contributed by atoms with van der Waals surface area (Å²) in [5.41, 5.74) is 1.22. The standard InChI is InChI=1S/C19H16F2N4O2S/c1-10-16(28-19(24-10)14-5-3-4-8-23-14)18(27)25-15(17(26)22-2)11-6-7-12(20)13(21)9-11/h3-9,15H,1-2H3,(H,22,26)(H,25,27). The van der Waals surface area contributed by atoms with Gasteiger partial charge in [-0.25, -0.2) is 13.8 Å². The molecule has 0 bridgehead atoms. The number of aryl methyl sites for hydroxylation is 1. The number of nitrogens with zero attached hydrogens (tertiary/aromatic N) is 2. The molecule has 0 fully saturated rings. The number of hydrogen-bond donors (Lipinski definition) is 2. The number of aromatic nitrogens is 2. The molecule has 6 nitrogen and oxygen atoms in total. The van der Waals surface area contributed by atoms with E-state index in [1.807, 2.05) is 6.07 Å². The zero-order chi connectivity index (χ0) is 20.3. The molecule has 0 spiro atoms. The molecular weight excluding hydrogens is 386 g/mol. The smallest absolute Gasteiger partial charge is 0.264 e. The molecule has 9 heteroatoms. The van der Waals surface area contributed by atoms with E-state index in [2.05, 4.69) is 20.6 Å². The van der Waals surface area contributed by atoms with Crippen molar-refractivity contribution in [3.63, 3.8) is 0 Å². The summed E-state index contributed by atoms with van der Waals surface area (Å²) in [5, 5.41) is 5.53. The summed E-state index contributed by atoms with van der Waals surface area (Å²) in [6.45, 7) is 1.67. The highest BCUT2D eigenvalue weighted by Gasteiger charge is 2.26. The van der Waals surface area contributed by atoms with Crippen molar-refractivity contribution >= 4 is 23.2 Å². The van der Waals surface area contributed by atoms with Crippen LogP contribution in [0.25, 0.3) is 10.7 Å². The Kier molecular flexibility index (Phi) is 5.74. The highest BCUT2D eigenvalue weighted by Crippen LogP contribution is 2.27. The molecule has 0 aliphatic rings. The van der Waals surface area contributed by atoms with Crippen LogP contribution in [-0.4, -0.2) is 28.8 Å². The summed E-state index contributed by atoms with van der Waals surface area (Å²) < 4.78 is 26.8. The van der Waals surface area contributed by atoms with Gasteiger partial charge in [0.15, 0.2) is 11.6 Å². The van der Waals surface area contributed by atoms with E-state index in [4.69, 9.17) is 0 Å². The van der Waals surface area contributed by atoms with Crippen molar-refractivity contribution in [3.05, 3.63) is 70.4 Å². The number of nitrogens with one attached hydrogen (secondary N) is 2. The molecule has 3 aromatic rings. The lowest BCUT2D eigenvalue weighted by Gasteiger charge is -2.17. The molecule has 2 N–H and O–H groups in total. The van der Waals surface area contributed by atoms with Gasteiger partial charge in [-0.1, -0.05) is 12.1 Å². The zero-order valence-electron chi connectivity index (χ0n) is 15.0. The van der Waals surface area contributed by atoms with E-state index in [9.17, 15) is 18.4 Å². The van der Waals surface area contributed by atoms with Gasteiger partial charge in [0.25, 0.3) is 5.91 Å². The van der Waals surface area contributed by atoms with Crippen LogP contribution in [0.2, 0.25) is 0 Å². The van der Waals surface area contributed by atoms with Crippen molar-refractivity contribution in [3.8, 4) is 10.7 Å². The SMILES string of the molecule is CNC(=O)C(NC(=O)c1sc(-c2ccccn2)nc1C)c1ccc(F)c(F)c1. The van der Waals surface area contributed by atoms with Gasteiger partial charge in [-0.3, -0.25) is 14.6 Å². The maximum absolute atomic E-state index is 13.6. The minimum Gasteiger partial charge on any atom is -0.357 e. The van der Waals surface area contributed by atoms with E-state index in [-0.39, 0.29) is 5.56 Å². The Balaban J connectivity index is 1.89. The summed E-state index contributed by atoms with van der Waals surface area (Å²) in [6.07, 6.45) is 1.62. The molecule has 3 rings (SSSR count). The van der Waals surface area contributed by atoms with Crippen LogP contribution >= 0.6 is 11.3 Å². The molecule has 1 atom stereocenters. The number of hydrogen-bond acceptors (Lipinski definition) is 5. The Hall–Kier alpha value is -3.20. The van der Waals surface area contributed by atoms with Crippen LogP contribution < -0.4 is 10.6 Å². The number of halogens is 2. The highest BCUT2D eigenvalue weighted by molar-refractivity contribution is 7.17. The number of benzene rings is 1. The fraction of sp³-hybridized carbons (Fsp3) is 0.158. The third-order valence-electron chi connectivity index (χ3n) is 3.95. The number of pyridine rings is 1. The fourth-order valence-electron chi connectivity index (χ4n) is 2.54. The largest absolute Gasteiger partial charge is 0.357 e. The molecular formula is C19H16F2N4O2S. The first-order valence-electron chi connectivity index (χ1n) is 8.27. The van der Waals surface area contributed by atoms with Gasteiger partial charge < -0.3 is 10.6 Å². The van der Waals surface area contributed by atoms with E-state index in [0.29, 0.717) is 21.3 Å². The first-order valence-corrected chi connectivity index (χ1v) is 9.08. The third-order valence-corrected chi connectivity index (χ3v) is 5.13. The van der Waals surface area contributed by atoms with Crippen molar-refractivity contribution in [2.75, 3.05) is 7.05 Å². The average molecular weight is 402 g/mol. The molecule has 0 radical (unpaired) electrons. The van der Waals surface area contributed by atoms with Crippen molar-refractivity contribution in [2.45, 2.75) is 13.0 Å². The van der Waals surface area contributed by atoms with E-state index in [1.54, 1.807) is 25.3 Å². The van der Waals surface area contributed by atoms with Crippen molar-refractivity contribution in [1.29, 1.82) is 0 Å². The lowest BCUT2D eigenvalue weighted by atomic mass is 10.1. The number of carbonyl (C=O) groups excluding carboxylic acids is 2. The molecule has 1 aromatic carbocycles. The van der Waals surface area contributed by atoms with E-state index in [1.165, 1.54) is 13.1 Å². The quantitative estimate of drug-likeness (QED) is 0.687. The van der Waals surface area contributed by atoms with Gasteiger partial charge in [-0.05, 0) is 36.8 Å². The van der Waals surface area contributed by atoms with Gasteiger partial charge in [0.05, 0.1) is 11.4 Å². The van der Waals surface area contributed by atoms with Crippen LogP contribution in [0.1, 0.15) is 27.0 Å². The molecule has 144 valence electrons. The Morgan fingerprint density at radius 3 is 2.57 bits per heavy atom. The highest BCUT2D eigenvalue weighted by atomic mass is 32.1. The fourth-order valence-corrected chi connectivity index (χ4v) is 3.49. The minimum atomic E-state index is -1.19. The van der Waals surface area contributed by atoms with Crippen molar-refractivity contribution in [1.82, 2.24) is 20.6 Å². The monoisotopic (exact) mass is 402 g/mol. The van der Waals surface area contributed by atoms with Gasteiger partial charge in [0.2, 0.25) is 5.91 Å². The van der Waals surface area contributed by atoms with Crippen LogP contribution in [0.5, 0.6) is 0 Å². The predicted molar refractivity (Wildman–Crippen MR) is 101 cm³/mol. The summed E-state index contributed by atoms with van der Waals surface area (Å²) in [5.74, 6) is -3.25. The molecule has 0 aliphatic carbocycles. The molecule has 0 saturated carbocycles. The van der Waals surface area contributed by atoms with Crippen LogP contribution in [0.3, 0.4) is 0 Å². The van der Waals surface area contributed by atoms with Gasteiger partial charge in [0.1, 0.15) is 15.9 Å². The third kappa shape index (κ3) is 4.04. The number of carbonyl (C=O) groups is 2. The Morgan fingerprint density at radius 2 is 1.93 bits per heavy atom. The second-order valence-electron chi connectivity index (χ2n) is 5.84. The van der Waals surface area contributed by atoms with Crippen LogP contribution in [0.4, 0.5) is 8.78 Å².